The van der Waals surface area contributed by atoms with Crippen molar-refractivity contribution in [1.29, 1.82) is 0 Å². The van der Waals surface area contributed by atoms with Gasteiger partial charge in [-0.1, -0.05) is 6.92 Å². The second kappa shape index (κ2) is 4.91. The Kier molecular flexibility index (Phi) is 4.06. The van der Waals surface area contributed by atoms with Gasteiger partial charge in [0.25, 0.3) is 0 Å². The minimum atomic E-state index is -3.66. The van der Waals surface area contributed by atoms with E-state index in [4.69, 9.17) is 5.11 Å². The number of likely N-dealkylation sites (N-methyl/N-ethyl adjacent to an activating group) is 1. The predicted octanol–water partition coefficient (Wildman–Crippen LogP) is -0.915. The molecule has 0 aromatic rings. The van der Waals surface area contributed by atoms with Gasteiger partial charge in [0.1, 0.15) is 0 Å². The number of aliphatic carboxylic acids is 1. The molecule has 7 heteroatoms. The lowest BCUT2D eigenvalue weighted by molar-refractivity contribution is -0.134. The van der Waals surface area contributed by atoms with Crippen molar-refractivity contribution in [1.82, 2.24) is 9.62 Å². The van der Waals surface area contributed by atoms with Gasteiger partial charge in [0.05, 0.1) is 0 Å². The van der Waals surface area contributed by atoms with Crippen molar-refractivity contribution in [3.63, 3.8) is 0 Å². The quantitative estimate of drug-likeness (QED) is 0.645. The Morgan fingerprint density at radius 2 is 2.27 bits per heavy atom. The van der Waals surface area contributed by atoms with Gasteiger partial charge < -0.3 is 10.4 Å². The monoisotopic (exact) mass is 236 g/mol. The number of carboxylic acids is 1. The molecule has 2 N–H and O–H groups in total. The van der Waals surface area contributed by atoms with Gasteiger partial charge >= 0.3 is 5.97 Å². The number of hydrogen-bond acceptors (Lipinski definition) is 4. The Bertz CT molecular complexity index is 322. The zero-order valence-corrected chi connectivity index (χ0v) is 9.46. The summed E-state index contributed by atoms with van der Waals surface area (Å²) < 4.78 is 24.6. The molecule has 1 heterocycles. The maximum Gasteiger partial charge on any atom is 0.320 e. The fraction of sp³-hybridized carbons (Fsp3) is 0.875. The standard InChI is InChI=1S/C8H16N2O4S/c1-2-10(7-3-4-9-5-7)15(13,14)6-8(11)12/h7,9H,2-6H2,1H3,(H,11,12). The summed E-state index contributed by atoms with van der Waals surface area (Å²) in [4.78, 5) is 10.4. The van der Waals surface area contributed by atoms with Crippen molar-refractivity contribution in [2.45, 2.75) is 19.4 Å². The maximum absolute atomic E-state index is 11.7. The zero-order chi connectivity index (χ0) is 11.5. The van der Waals surface area contributed by atoms with Crippen LogP contribution in [0.2, 0.25) is 0 Å². The number of carboxylic acid groups (broad SMARTS) is 1. The van der Waals surface area contributed by atoms with Crippen LogP contribution in [0.3, 0.4) is 0 Å². The van der Waals surface area contributed by atoms with Gasteiger partial charge in [-0.15, -0.1) is 0 Å². The van der Waals surface area contributed by atoms with Crippen molar-refractivity contribution < 1.29 is 18.3 Å². The highest BCUT2D eigenvalue weighted by atomic mass is 32.2. The first-order chi connectivity index (χ1) is 6.97. The van der Waals surface area contributed by atoms with Crippen molar-refractivity contribution in [2.24, 2.45) is 0 Å². The molecule has 6 nitrogen and oxygen atoms in total. The van der Waals surface area contributed by atoms with E-state index in [-0.39, 0.29) is 6.04 Å². The van der Waals surface area contributed by atoms with E-state index in [9.17, 15) is 13.2 Å². The first-order valence-electron chi connectivity index (χ1n) is 4.89. The average molecular weight is 236 g/mol. The summed E-state index contributed by atoms with van der Waals surface area (Å²) in [7, 11) is -3.66. The number of nitrogens with one attached hydrogen (secondary N) is 1. The molecule has 15 heavy (non-hydrogen) atoms. The Labute approximate surface area is 89.3 Å². The minimum absolute atomic E-state index is 0.0978. The van der Waals surface area contributed by atoms with Crippen LogP contribution in [0.4, 0.5) is 0 Å². The van der Waals surface area contributed by atoms with Crippen molar-refractivity contribution in [3.05, 3.63) is 0 Å². The molecule has 1 aliphatic rings. The van der Waals surface area contributed by atoms with Crippen LogP contribution in [0.1, 0.15) is 13.3 Å². The lowest BCUT2D eigenvalue weighted by Gasteiger charge is -2.25. The predicted molar refractivity (Wildman–Crippen MR) is 55.1 cm³/mol. The van der Waals surface area contributed by atoms with E-state index in [1.165, 1.54) is 4.31 Å². The van der Waals surface area contributed by atoms with Gasteiger partial charge in [-0.3, -0.25) is 4.79 Å². The molecule has 1 fully saturated rings. The minimum Gasteiger partial charge on any atom is -0.480 e. The normalized spacial score (nSPS) is 22.1. The molecule has 0 aromatic carbocycles. The van der Waals surface area contributed by atoms with E-state index >= 15 is 0 Å². The van der Waals surface area contributed by atoms with Crippen LogP contribution in [-0.2, 0) is 14.8 Å². The summed E-state index contributed by atoms with van der Waals surface area (Å²) in [5, 5.41) is 11.6. The maximum atomic E-state index is 11.7. The number of nitrogens with zero attached hydrogens (tertiary/aromatic N) is 1. The first kappa shape index (κ1) is 12.4. The van der Waals surface area contributed by atoms with Crippen LogP contribution in [0, 0.1) is 0 Å². The third-order valence-corrected chi connectivity index (χ3v) is 4.30. The second-order valence-corrected chi connectivity index (χ2v) is 5.42. The zero-order valence-electron chi connectivity index (χ0n) is 8.64. The summed E-state index contributed by atoms with van der Waals surface area (Å²) in [5.41, 5.74) is 0. The fourth-order valence-electron chi connectivity index (χ4n) is 1.81. The SMILES string of the molecule is CCN(C1CCNC1)S(=O)(=O)CC(=O)O. The lowest BCUT2D eigenvalue weighted by atomic mass is 10.3. The number of hydrogen-bond donors (Lipinski definition) is 2. The molecule has 0 bridgehead atoms. The molecule has 88 valence electrons. The molecular weight excluding hydrogens is 220 g/mol. The summed E-state index contributed by atoms with van der Waals surface area (Å²) in [6, 6.07) is -0.0978. The van der Waals surface area contributed by atoms with Gasteiger partial charge in [-0.05, 0) is 13.0 Å². The second-order valence-electron chi connectivity index (χ2n) is 3.50. The Morgan fingerprint density at radius 1 is 1.60 bits per heavy atom. The summed E-state index contributed by atoms with van der Waals surface area (Å²) in [6.07, 6.45) is 0.743. The van der Waals surface area contributed by atoms with Crippen LogP contribution < -0.4 is 5.32 Å². The van der Waals surface area contributed by atoms with E-state index in [2.05, 4.69) is 5.32 Å². The van der Waals surface area contributed by atoms with Crippen LogP contribution in [0.5, 0.6) is 0 Å². The molecule has 1 rings (SSSR count). The van der Waals surface area contributed by atoms with Gasteiger partial charge in [-0.2, -0.15) is 4.31 Å². The highest BCUT2D eigenvalue weighted by molar-refractivity contribution is 7.89. The summed E-state index contributed by atoms with van der Waals surface area (Å²) in [6.45, 7) is 3.43. The number of carbonyl (C=O) groups is 1. The molecule has 1 saturated heterocycles. The summed E-state index contributed by atoms with van der Waals surface area (Å²) in [5.74, 6) is -2.13. The van der Waals surface area contributed by atoms with Gasteiger partial charge in [-0.25, -0.2) is 8.42 Å². The third-order valence-electron chi connectivity index (χ3n) is 2.42. The number of rotatable bonds is 5. The topological polar surface area (TPSA) is 86.7 Å². The van der Waals surface area contributed by atoms with Crippen LogP contribution in [-0.4, -0.2) is 55.2 Å². The van der Waals surface area contributed by atoms with Crippen LogP contribution >= 0.6 is 0 Å². The lowest BCUT2D eigenvalue weighted by Crippen LogP contribution is -2.43. The fourth-order valence-corrected chi connectivity index (χ4v) is 3.31. The Hall–Kier alpha value is -0.660. The highest BCUT2D eigenvalue weighted by Crippen LogP contribution is 2.13. The smallest absolute Gasteiger partial charge is 0.320 e. The Morgan fingerprint density at radius 3 is 2.67 bits per heavy atom. The molecule has 0 radical (unpaired) electrons. The molecule has 0 aromatic heterocycles. The van der Waals surface area contributed by atoms with E-state index < -0.39 is 21.7 Å². The number of sulfonamides is 1. The molecule has 0 spiro atoms. The molecule has 1 atom stereocenters. The van der Waals surface area contributed by atoms with Crippen molar-refractivity contribution >= 4 is 16.0 Å². The van der Waals surface area contributed by atoms with E-state index in [0.717, 1.165) is 13.0 Å². The van der Waals surface area contributed by atoms with Crippen LogP contribution in [0.25, 0.3) is 0 Å². The van der Waals surface area contributed by atoms with Gasteiger partial charge in [0, 0.05) is 19.1 Å². The van der Waals surface area contributed by atoms with E-state index in [0.29, 0.717) is 13.1 Å². The molecular formula is C8H16N2O4S. The molecule has 0 amide bonds. The van der Waals surface area contributed by atoms with Gasteiger partial charge in [0.15, 0.2) is 5.75 Å². The molecule has 0 saturated carbocycles. The van der Waals surface area contributed by atoms with E-state index in [1.807, 2.05) is 0 Å². The van der Waals surface area contributed by atoms with E-state index in [1.54, 1.807) is 6.92 Å². The van der Waals surface area contributed by atoms with Crippen molar-refractivity contribution in [2.75, 3.05) is 25.4 Å². The van der Waals surface area contributed by atoms with Crippen molar-refractivity contribution in [3.8, 4) is 0 Å². The Balaban J connectivity index is 2.76. The van der Waals surface area contributed by atoms with Crippen LogP contribution in [0.15, 0.2) is 0 Å². The molecule has 1 unspecified atom stereocenters. The van der Waals surface area contributed by atoms with Gasteiger partial charge in [0.2, 0.25) is 10.0 Å². The molecule has 1 aliphatic heterocycles. The summed E-state index contributed by atoms with van der Waals surface area (Å²) >= 11 is 0. The third kappa shape index (κ3) is 3.15. The first-order valence-corrected chi connectivity index (χ1v) is 6.50. The largest absolute Gasteiger partial charge is 0.480 e. The average Bonchev–Trinajstić information content (AvgIpc) is 2.54. The molecule has 0 aliphatic carbocycles. The highest BCUT2D eigenvalue weighted by Gasteiger charge is 2.31.